The highest BCUT2D eigenvalue weighted by Gasteiger charge is 2.06. The second-order valence-electron chi connectivity index (χ2n) is 4.12. The monoisotopic (exact) mass is 350 g/mol. The molecule has 2 rings (SSSR count). The largest absolute Gasteiger partial charge is 0.495 e. The summed E-state index contributed by atoms with van der Waals surface area (Å²) in [6.07, 6.45) is 0. The topological polar surface area (TPSA) is 45.0 Å². The van der Waals surface area contributed by atoms with E-state index in [-0.39, 0.29) is 0 Å². The zero-order chi connectivity index (χ0) is 14.5. The van der Waals surface area contributed by atoms with Gasteiger partial charge in [0.2, 0.25) is 0 Å². The lowest BCUT2D eigenvalue weighted by Crippen LogP contribution is -2.02. The van der Waals surface area contributed by atoms with Gasteiger partial charge in [-0.2, -0.15) is 5.26 Å². The van der Waals surface area contributed by atoms with E-state index < -0.39 is 0 Å². The van der Waals surface area contributed by atoms with Crippen molar-refractivity contribution in [2.24, 2.45) is 0 Å². The van der Waals surface area contributed by atoms with Crippen LogP contribution in [0.15, 0.2) is 40.9 Å². The summed E-state index contributed by atoms with van der Waals surface area (Å²) in [5.41, 5.74) is 2.49. The Labute approximate surface area is 131 Å². The van der Waals surface area contributed by atoms with Crippen LogP contribution in [0.4, 0.5) is 5.69 Å². The molecule has 0 bridgehead atoms. The number of hydrogen-bond acceptors (Lipinski definition) is 3. The molecule has 0 atom stereocenters. The number of anilines is 1. The third-order valence-corrected chi connectivity index (χ3v) is 3.79. The van der Waals surface area contributed by atoms with Crippen LogP contribution in [0.1, 0.15) is 11.1 Å². The van der Waals surface area contributed by atoms with Crippen LogP contribution < -0.4 is 10.1 Å². The van der Waals surface area contributed by atoms with E-state index in [0.29, 0.717) is 22.9 Å². The Kier molecular flexibility index (Phi) is 4.89. The number of methoxy groups -OCH3 is 1. The van der Waals surface area contributed by atoms with Gasteiger partial charge in [0.1, 0.15) is 5.75 Å². The van der Waals surface area contributed by atoms with E-state index in [9.17, 15) is 0 Å². The maximum Gasteiger partial charge on any atom is 0.143 e. The molecule has 0 heterocycles. The number of rotatable bonds is 4. The van der Waals surface area contributed by atoms with Gasteiger partial charge in [-0.05, 0) is 29.8 Å². The molecular weight excluding hydrogens is 340 g/mol. The molecule has 102 valence electrons. The Morgan fingerprint density at radius 1 is 1.30 bits per heavy atom. The number of halogens is 2. The highest BCUT2D eigenvalue weighted by molar-refractivity contribution is 9.10. The molecule has 2 aromatic rings. The number of hydrogen-bond donors (Lipinski definition) is 1. The zero-order valence-electron chi connectivity index (χ0n) is 10.8. The summed E-state index contributed by atoms with van der Waals surface area (Å²) in [5, 5.41) is 12.8. The number of nitrogens with zero attached hydrogens (tertiary/aromatic N) is 1. The Morgan fingerprint density at radius 3 is 2.75 bits per heavy atom. The molecular formula is C15H12BrClN2O. The van der Waals surface area contributed by atoms with Gasteiger partial charge in [-0.25, -0.2) is 0 Å². The van der Waals surface area contributed by atoms with E-state index in [2.05, 4.69) is 27.3 Å². The molecule has 0 aliphatic heterocycles. The third-order valence-electron chi connectivity index (χ3n) is 2.82. The van der Waals surface area contributed by atoms with Crippen molar-refractivity contribution in [2.75, 3.05) is 12.4 Å². The predicted octanol–water partition coefficient (Wildman–Crippen LogP) is 4.59. The minimum absolute atomic E-state index is 0.570. The highest BCUT2D eigenvalue weighted by atomic mass is 79.9. The second-order valence-corrected chi connectivity index (χ2v) is 5.41. The van der Waals surface area contributed by atoms with Crippen LogP contribution >= 0.6 is 27.5 Å². The molecule has 0 amide bonds. The fourth-order valence-electron chi connectivity index (χ4n) is 1.76. The molecule has 0 radical (unpaired) electrons. The molecule has 0 aliphatic carbocycles. The minimum Gasteiger partial charge on any atom is -0.495 e. The first-order chi connectivity index (χ1) is 9.63. The Hall–Kier alpha value is -1.70. The highest BCUT2D eigenvalue weighted by Crippen LogP contribution is 2.27. The summed E-state index contributed by atoms with van der Waals surface area (Å²) >= 11 is 9.39. The van der Waals surface area contributed by atoms with Crippen LogP contribution in [-0.2, 0) is 6.54 Å². The Balaban J connectivity index is 2.16. The van der Waals surface area contributed by atoms with E-state index in [1.54, 1.807) is 19.2 Å². The molecule has 5 heteroatoms. The molecule has 1 N–H and O–H groups in total. The standard InChI is InChI=1S/C15H12BrClN2O/c1-20-15-6-10(8-18)2-5-14(15)19-9-11-3-4-12(17)7-13(11)16/h2-7,19H,9H2,1H3. The normalized spacial score (nSPS) is 9.90. The van der Waals surface area contributed by atoms with Crippen LogP contribution in [-0.4, -0.2) is 7.11 Å². The molecule has 2 aromatic carbocycles. The molecule has 0 saturated carbocycles. The van der Waals surface area contributed by atoms with E-state index in [4.69, 9.17) is 21.6 Å². The van der Waals surface area contributed by atoms with Crippen molar-refractivity contribution in [3.05, 3.63) is 57.0 Å². The van der Waals surface area contributed by atoms with Gasteiger partial charge in [-0.15, -0.1) is 0 Å². The van der Waals surface area contributed by atoms with Crippen molar-refractivity contribution in [3.63, 3.8) is 0 Å². The van der Waals surface area contributed by atoms with Crippen molar-refractivity contribution < 1.29 is 4.74 Å². The number of nitriles is 1. The van der Waals surface area contributed by atoms with Crippen molar-refractivity contribution in [1.82, 2.24) is 0 Å². The van der Waals surface area contributed by atoms with Gasteiger partial charge in [-0.3, -0.25) is 0 Å². The van der Waals surface area contributed by atoms with Crippen LogP contribution in [0.25, 0.3) is 0 Å². The van der Waals surface area contributed by atoms with E-state index >= 15 is 0 Å². The minimum atomic E-state index is 0.570. The smallest absolute Gasteiger partial charge is 0.143 e. The maximum atomic E-state index is 8.87. The fraction of sp³-hybridized carbons (Fsp3) is 0.133. The maximum absolute atomic E-state index is 8.87. The van der Waals surface area contributed by atoms with Gasteiger partial charge >= 0.3 is 0 Å². The van der Waals surface area contributed by atoms with Crippen LogP contribution in [0.2, 0.25) is 5.02 Å². The molecule has 3 nitrogen and oxygen atoms in total. The molecule has 20 heavy (non-hydrogen) atoms. The summed E-state index contributed by atoms with van der Waals surface area (Å²) < 4.78 is 6.23. The van der Waals surface area contributed by atoms with E-state index in [1.165, 1.54) is 0 Å². The SMILES string of the molecule is COc1cc(C#N)ccc1NCc1ccc(Cl)cc1Br. The van der Waals surface area contributed by atoms with Crippen molar-refractivity contribution in [1.29, 1.82) is 5.26 Å². The first kappa shape index (κ1) is 14.7. The number of nitrogens with one attached hydrogen (secondary N) is 1. The average molecular weight is 352 g/mol. The van der Waals surface area contributed by atoms with Gasteiger partial charge in [0, 0.05) is 22.1 Å². The molecule has 0 fully saturated rings. The molecule has 0 spiro atoms. The van der Waals surface area contributed by atoms with Crippen molar-refractivity contribution >= 4 is 33.2 Å². The zero-order valence-corrected chi connectivity index (χ0v) is 13.1. The molecule has 0 saturated heterocycles. The summed E-state index contributed by atoms with van der Waals surface area (Å²) in [4.78, 5) is 0. The summed E-state index contributed by atoms with van der Waals surface area (Å²) in [6, 6.07) is 13.0. The first-order valence-electron chi connectivity index (χ1n) is 5.90. The number of ether oxygens (including phenoxy) is 1. The van der Waals surface area contributed by atoms with Crippen LogP contribution in [0.3, 0.4) is 0 Å². The van der Waals surface area contributed by atoms with Crippen LogP contribution in [0.5, 0.6) is 5.75 Å². The lowest BCUT2D eigenvalue weighted by Gasteiger charge is -2.12. The van der Waals surface area contributed by atoms with Gasteiger partial charge in [0.15, 0.2) is 0 Å². The van der Waals surface area contributed by atoms with Crippen LogP contribution in [0, 0.1) is 11.3 Å². The molecule has 0 unspecified atom stereocenters. The second kappa shape index (κ2) is 6.65. The van der Waals surface area contributed by atoms with Gasteiger partial charge in [0.25, 0.3) is 0 Å². The van der Waals surface area contributed by atoms with Gasteiger partial charge in [0.05, 0.1) is 24.4 Å². The average Bonchev–Trinajstić information content (AvgIpc) is 2.46. The number of benzene rings is 2. The van der Waals surface area contributed by atoms with E-state index in [0.717, 1.165) is 15.7 Å². The lowest BCUT2D eigenvalue weighted by atomic mass is 10.2. The summed E-state index contributed by atoms with van der Waals surface area (Å²) in [6.45, 7) is 0.625. The Morgan fingerprint density at radius 2 is 2.10 bits per heavy atom. The molecule has 0 aliphatic rings. The van der Waals surface area contributed by atoms with Crippen molar-refractivity contribution in [3.8, 4) is 11.8 Å². The summed E-state index contributed by atoms with van der Waals surface area (Å²) in [5.74, 6) is 0.647. The molecule has 0 aromatic heterocycles. The summed E-state index contributed by atoms with van der Waals surface area (Å²) in [7, 11) is 1.58. The third kappa shape index (κ3) is 3.44. The predicted molar refractivity (Wildman–Crippen MR) is 84.2 cm³/mol. The van der Waals surface area contributed by atoms with Crippen molar-refractivity contribution in [2.45, 2.75) is 6.54 Å². The first-order valence-corrected chi connectivity index (χ1v) is 7.07. The van der Waals surface area contributed by atoms with Gasteiger partial charge < -0.3 is 10.1 Å². The Bertz CT molecular complexity index is 667. The fourth-order valence-corrected chi connectivity index (χ4v) is 2.59. The quantitative estimate of drug-likeness (QED) is 0.876. The van der Waals surface area contributed by atoms with Gasteiger partial charge in [-0.1, -0.05) is 33.6 Å². The lowest BCUT2D eigenvalue weighted by molar-refractivity contribution is 0.416. The van der Waals surface area contributed by atoms with E-state index in [1.807, 2.05) is 24.3 Å².